The maximum Gasteiger partial charge on any atom is 0.116 e. The van der Waals surface area contributed by atoms with Crippen molar-refractivity contribution in [3.05, 3.63) is 60.9 Å². The van der Waals surface area contributed by atoms with Gasteiger partial charge in [0, 0.05) is 11.1 Å². The molecule has 0 aliphatic carbocycles. The number of fused-ring (bicyclic) bond motifs is 1. The molecule has 2 aromatic carbocycles. The third-order valence-electron chi connectivity index (χ3n) is 3.89. The van der Waals surface area contributed by atoms with Crippen LogP contribution in [0.5, 0.6) is 11.5 Å². The van der Waals surface area contributed by atoms with Crippen LogP contribution in [-0.2, 0) is 0 Å². The number of nitrogens with two attached hydrogens (primary N) is 1. The molecular formula is C19H15ClN4O2. The molecule has 4 aromatic rings. The third kappa shape index (κ3) is 3.10. The Labute approximate surface area is 155 Å². The number of nitrogen functional groups attached to an aromatic ring is 1. The van der Waals surface area contributed by atoms with Gasteiger partial charge in [-0.1, -0.05) is 0 Å². The summed E-state index contributed by atoms with van der Waals surface area (Å²) in [6.07, 6.45) is 3.15. The smallest absolute Gasteiger partial charge is 0.116 e. The van der Waals surface area contributed by atoms with E-state index in [4.69, 9.17) is 10.7 Å². The average molecular weight is 367 g/mol. The third-order valence-corrected chi connectivity index (χ3v) is 3.89. The molecule has 2 heterocycles. The minimum atomic E-state index is 0. The fraction of sp³-hybridized carbons (Fsp3) is 0. The second kappa shape index (κ2) is 6.85. The second-order valence-electron chi connectivity index (χ2n) is 5.61. The SMILES string of the molecule is Cl.Nc1cncc2nc(-c3ccc(O)cc3)c(-c3ccc(O)cc3)nc12. The zero-order chi connectivity index (χ0) is 17.4. The van der Waals surface area contributed by atoms with E-state index in [2.05, 4.69) is 9.97 Å². The molecule has 7 heteroatoms. The molecule has 4 N–H and O–H groups in total. The minimum Gasteiger partial charge on any atom is -0.508 e. The lowest BCUT2D eigenvalue weighted by molar-refractivity contribution is 0.475. The van der Waals surface area contributed by atoms with Crippen molar-refractivity contribution in [3.8, 4) is 34.0 Å². The van der Waals surface area contributed by atoms with Crippen LogP contribution in [0.4, 0.5) is 5.69 Å². The van der Waals surface area contributed by atoms with E-state index >= 15 is 0 Å². The van der Waals surface area contributed by atoms with Gasteiger partial charge in [0.15, 0.2) is 0 Å². The summed E-state index contributed by atoms with van der Waals surface area (Å²) in [5, 5.41) is 19.1. The molecule has 0 bridgehead atoms. The number of aromatic hydroxyl groups is 2. The van der Waals surface area contributed by atoms with Crippen LogP contribution in [0.25, 0.3) is 33.5 Å². The highest BCUT2D eigenvalue weighted by Crippen LogP contribution is 2.33. The lowest BCUT2D eigenvalue weighted by Crippen LogP contribution is -1.99. The number of hydrogen-bond donors (Lipinski definition) is 3. The summed E-state index contributed by atoms with van der Waals surface area (Å²) in [6, 6.07) is 13.5. The first-order valence-corrected chi connectivity index (χ1v) is 7.62. The van der Waals surface area contributed by atoms with E-state index < -0.39 is 0 Å². The number of pyridine rings is 1. The van der Waals surface area contributed by atoms with Gasteiger partial charge in [-0.2, -0.15) is 0 Å². The largest absolute Gasteiger partial charge is 0.508 e. The number of aromatic nitrogens is 3. The first-order chi connectivity index (χ1) is 12.1. The first kappa shape index (κ1) is 17.4. The van der Waals surface area contributed by atoms with Gasteiger partial charge < -0.3 is 15.9 Å². The van der Waals surface area contributed by atoms with Gasteiger partial charge in [0.1, 0.15) is 22.5 Å². The summed E-state index contributed by atoms with van der Waals surface area (Å²) in [4.78, 5) is 13.5. The summed E-state index contributed by atoms with van der Waals surface area (Å²) in [7, 11) is 0. The van der Waals surface area contributed by atoms with Crippen LogP contribution in [0.3, 0.4) is 0 Å². The molecule has 0 fully saturated rings. The Balaban J connectivity index is 0.00000196. The van der Waals surface area contributed by atoms with Crippen LogP contribution < -0.4 is 5.73 Å². The Morgan fingerprint density at radius 2 is 1.19 bits per heavy atom. The van der Waals surface area contributed by atoms with Crippen molar-refractivity contribution >= 4 is 29.1 Å². The number of anilines is 1. The average Bonchev–Trinajstić information content (AvgIpc) is 2.63. The van der Waals surface area contributed by atoms with Crippen LogP contribution >= 0.6 is 12.4 Å². The van der Waals surface area contributed by atoms with Gasteiger partial charge in [-0.05, 0) is 48.5 Å². The van der Waals surface area contributed by atoms with Crippen molar-refractivity contribution in [3.63, 3.8) is 0 Å². The van der Waals surface area contributed by atoms with Crippen molar-refractivity contribution in [1.82, 2.24) is 15.0 Å². The quantitative estimate of drug-likeness (QED) is 0.498. The summed E-state index contributed by atoms with van der Waals surface area (Å²) in [5.74, 6) is 0.349. The summed E-state index contributed by atoms with van der Waals surface area (Å²) in [6.45, 7) is 0. The first-order valence-electron chi connectivity index (χ1n) is 7.62. The second-order valence-corrected chi connectivity index (χ2v) is 5.61. The Bertz CT molecular complexity index is 1070. The van der Waals surface area contributed by atoms with Crippen molar-refractivity contribution in [1.29, 1.82) is 0 Å². The number of rotatable bonds is 2. The highest BCUT2D eigenvalue weighted by Gasteiger charge is 2.14. The number of halogens is 1. The van der Waals surface area contributed by atoms with Crippen LogP contribution in [0, 0.1) is 0 Å². The topological polar surface area (TPSA) is 105 Å². The van der Waals surface area contributed by atoms with Crippen LogP contribution in [0.2, 0.25) is 0 Å². The van der Waals surface area contributed by atoms with Crippen molar-refractivity contribution < 1.29 is 10.2 Å². The lowest BCUT2D eigenvalue weighted by atomic mass is 10.0. The van der Waals surface area contributed by atoms with Gasteiger partial charge in [-0.3, -0.25) is 4.98 Å². The van der Waals surface area contributed by atoms with E-state index in [0.717, 1.165) is 11.1 Å². The van der Waals surface area contributed by atoms with Gasteiger partial charge in [0.25, 0.3) is 0 Å². The fourth-order valence-electron chi connectivity index (χ4n) is 2.64. The maximum atomic E-state index is 9.54. The number of hydrogen-bond acceptors (Lipinski definition) is 6. The molecule has 0 spiro atoms. The Morgan fingerprint density at radius 1 is 0.692 bits per heavy atom. The lowest BCUT2D eigenvalue weighted by Gasteiger charge is -2.11. The standard InChI is InChI=1S/C19H14N4O2.ClH/c20-15-9-21-10-16-19(15)23-18(12-3-7-14(25)8-4-12)17(22-16)11-1-5-13(24)6-2-11;/h1-10,24-25H,20H2;1H. The molecule has 0 atom stereocenters. The van der Waals surface area contributed by atoms with Gasteiger partial charge in [0.05, 0.1) is 29.5 Å². The molecule has 0 radical (unpaired) electrons. The number of nitrogens with zero attached hydrogens (tertiary/aromatic N) is 3. The number of phenolic OH excluding ortho intramolecular Hbond substituents is 2. The van der Waals surface area contributed by atoms with Crippen molar-refractivity contribution in [2.45, 2.75) is 0 Å². The van der Waals surface area contributed by atoms with E-state index in [9.17, 15) is 10.2 Å². The van der Waals surface area contributed by atoms with E-state index in [1.165, 1.54) is 6.20 Å². The highest BCUT2D eigenvalue weighted by molar-refractivity contribution is 5.91. The maximum absolute atomic E-state index is 9.54. The van der Waals surface area contributed by atoms with Crippen LogP contribution in [0.15, 0.2) is 60.9 Å². The molecule has 0 aliphatic rings. The molecule has 0 saturated carbocycles. The summed E-state index contributed by atoms with van der Waals surface area (Å²) < 4.78 is 0. The zero-order valence-electron chi connectivity index (χ0n) is 13.5. The van der Waals surface area contributed by atoms with Crippen molar-refractivity contribution in [2.75, 3.05) is 5.73 Å². The van der Waals surface area contributed by atoms with Crippen LogP contribution in [-0.4, -0.2) is 25.2 Å². The molecule has 2 aromatic heterocycles. The Morgan fingerprint density at radius 3 is 1.73 bits per heavy atom. The highest BCUT2D eigenvalue weighted by atomic mass is 35.5. The van der Waals surface area contributed by atoms with Crippen molar-refractivity contribution in [2.24, 2.45) is 0 Å². The predicted octanol–water partition coefficient (Wildman–Crippen LogP) is 3.77. The fourth-order valence-corrected chi connectivity index (χ4v) is 2.64. The molecule has 26 heavy (non-hydrogen) atoms. The van der Waals surface area contributed by atoms with Gasteiger partial charge >= 0.3 is 0 Å². The van der Waals surface area contributed by atoms with Gasteiger partial charge in [-0.15, -0.1) is 12.4 Å². The summed E-state index contributed by atoms with van der Waals surface area (Å²) in [5.41, 5.74) is 10.5. The number of phenols is 2. The van der Waals surface area contributed by atoms with E-state index in [0.29, 0.717) is 28.1 Å². The van der Waals surface area contributed by atoms with E-state index in [1.54, 1.807) is 54.7 Å². The van der Waals surface area contributed by atoms with Gasteiger partial charge in [0.2, 0.25) is 0 Å². The molecule has 6 nitrogen and oxygen atoms in total. The molecule has 130 valence electrons. The normalized spacial score (nSPS) is 10.5. The minimum absolute atomic E-state index is 0. The Kier molecular flexibility index (Phi) is 4.60. The molecule has 0 amide bonds. The monoisotopic (exact) mass is 366 g/mol. The zero-order valence-corrected chi connectivity index (χ0v) is 14.3. The van der Waals surface area contributed by atoms with E-state index in [1.807, 2.05) is 0 Å². The Hall–Kier alpha value is -3.38. The molecule has 0 unspecified atom stereocenters. The van der Waals surface area contributed by atoms with E-state index in [-0.39, 0.29) is 23.9 Å². The predicted molar refractivity (Wildman–Crippen MR) is 103 cm³/mol. The summed E-state index contributed by atoms with van der Waals surface area (Å²) >= 11 is 0. The molecular weight excluding hydrogens is 352 g/mol. The van der Waals surface area contributed by atoms with Gasteiger partial charge in [-0.25, -0.2) is 9.97 Å². The molecule has 0 saturated heterocycles. The van der Waals surface area contributed by atoms with Crippen LogP contribution in [0.1, 0.15) is 0 Å². The molecule has 4 rings (SSSR count). The number of benzene rings is 2. The molecule has 0 aliphatic heterocycles.